The molecule has 1 fully saturated rings. The number of sulfonamides is 1. The first-order chi connectivity index (χ1) is 6.79. The van der Waals surface area contributed by atoms with Gasteiger partial charge in [-0.15, -0.1) is 0 Å². The van der Waals surface area contributed by atoms with Crippen molar-refractivity contribution in [1.29, 1.82) is 0 Å². The maximum Gasteiger partial charge on any atom is 0.247 e. The van der Waals surface area contributed by atoms with E-state index in [0.717, 1.165) is 31.9 Å². The Morgan fingerprint density at radius 1 is 1.20 bits per heavy atom. The van der Waals surface area contributed by atoms with Crippen molar-refractivity contribution < 1.29 is 21.7 Å². The van der Waals surface area contributed by atoms with E-state index in [1.54, 1.807) is 0 Å². The minimum atomic E-state index is -3.89. The second kappa shape index (κ2) is 4.77. The zero-order chi connectivity index (χ0) is 11.5. The van der Waals surface area contributed by atoms with Gasteiger partial charge in [-0.25, -0.2) is 16.8 Å². The Hall–Kier alpha value is -0.180. The third kappa shape index (κ3) is 5.45. The summed E-state index contributed by atoms with van der Waals surface area (Å²) < 4.78 is 43.9. The number of hydrogen-bond acceptors (Lipinski definition) is 5. The Morgan fingerprint density at radius 3 is 2.20 bits per heavy atom. The SMILES string of the molecule is CS(=O)(=O)CS(=O)(=O)NOC1CCCC1. The highest BCUT2D eigenvalue weighted by Crippen LogP contribution is 2.20. The highest BCUT2D eigenvalue weighted by Gasteiger charge is 2.22. The molecule has 0 atom stereocenters. The van der Waals surface area contributed by atoms with E-state index in [1.807, 2.05) is 4.89 Å². The van der Waals surface area contributed by atoms with Crippen LogP contribution in [0.5, 0.6) is 0 Å². The Balaban J connectivity index is 2.42. The smallest absolute Gasteiger partial charge is 0.247 e. The molecule has 0 unspecified atom stereocenters. The number of sulfone groups is 1. The molecule has 0 bridgehead atoms. The van der Waals surface area contributed by atoms with Crippen molar-refractivity contribution in [3.63, 3.8) is 0 Å². The van der Waals surface area contributed by atoms with Gasteiger partial charge in [0.15, 0.2) is 14.9 Å². The lowest BCUT2D eigenvalue weighted by molar-refractivity contribution is 0.0226. The van der Waals surface area contributed by atoms with Gasteiger partial charge in [0, 0.05) is 6.26 Å². The van der Waals surface area contributed by atoms with Gasteiger partial charge in [-0.05, 0) is 12.8 Å². The van der Waals surface area contributed by atoms with Crippen LogP contribution in [0.2, 0.25) is 0 Å². The molecule has 8 heteroatoms. The molecule has 0 saturated heterocycles. The van der Waals surface area contributed by atoms with E-state index in [0.29, 0.717) is 0 Å². The second-order valence-corrected chi connectivity index (χ2v) is 7.96. The Morgan fingerprint density at radius 2 is 1.73 bits per heavy atom. The second-order valence-electron chi connectivity index (χ2n) is 3.77. The molecule has 90 valence electrons. The van der Waals surface area contributed by atoms with Crippen molar-refractivity contribution in [1.82, 2.24) is 4.89 Å². The van der Waals surface area contributed by atoms with Crippen molar-refractivity contribution in [2.24, 2.45) is 0 Å². The molecule has 0 aromatic heterocycles. The van der Waals surface area contributed by atoms with Crippen LogP contribution in [0, 0.1) is 0 Å². The monoisotopic (exact) mass is 257 g/mol. The first kappa shape index (κ1) is 12.9. The van der Waals surface area contributed by atoms with Crippen LogP contribution < -0.4 is 4.89 Å². The maximum atomic E-state index is 11.2. The van der Waals surface area contributed by atoms with Gasteiger partial charge in [-0.1, -0.05) is 17.7 Å². The Bertz CT molecular complexity index is 393. The summed E-state index contributed by atoms with van der Waals surface area (Å²) in [6.07, 6.45) is 4.38. The summed E-state index contributed by atoms with van der Waals surface area (Å²) in [6.45, 7) is 0. The van der Waals surface area contributed by atoms with Crippen molar-refractivity contribution in [3.8, 4) is 0 Å². The molecule has 1 saturated carbocycles. The van der Waals surface area contributed by atoms with Crippen LogP contribution in [0.15, 0.2) is 0 Å². The highest BCUT2D eigenvalue weighted by molar-refractivity contribution is 8.06. The van der Waals surface area contributed by atoms with E-state index in [4.69, 9.17) is 4.84 Å². The number of rotatable bonds is 5. The van der Waals surface area contributed by atoms with Gasteiger partial charge in [0.05, 0.1) is 6.10 Å². The first-order valence-electron chi connectivity index (χ1n) is 4.61. The van der Waals surface area contributed by atoms with Gasteiger partial charge in [0.2, 0.25) is 10.0 Å². The minimum absolute atomic E-state index is 0.126. The quantitative estimate of drug-likeness (QED) is 0.688. The highest BCUT2D eigenvalue weighted by atomic mass is 32.3. The van der Waals surface area contributed by atoms with Crippen LogP contribution in [-0.4, -0.2) is 34.3 Å². The fourth-order valence-corrected chi connectivity index (χ4v) is 4.18. The molecule has 1 aliphatic carbocycles. The molecule has 1 aliphatic rings. The average Bonchev–Trinajstić information content (AvgIpc) is 2.47. The van der Waals surface area contributed by atoms with Gasteiger partial charge in [-0.2, -0.15) is 0 Å². The Kier molecular flexibility index (Phi) is 4.10. The molecule has 1 rings (SSSR count). The maximum absolute atomic E-state index is 11.2. The molecule has 0 amide bonds. The standard InChI is InChI=1S/C7H15NO5S2/c1-14(9,10)6-15(11,12)8-13-7-4-2-3-5-7/h7-8H,2-6H2,1H3. The molecule has 0 spiro atoms. The van der Waals surface area contributed by atoms with Crippen molar-refractivity contribution in [2.75, 3.05) is 11.3 Å². The molecule has 0 heterocycles. The van der Waals surface area contributed by atoms with Crippen molar-refractivity contribution in [3.05, 3.63) is 0 Å². The molecule has 0 aliphatic heterocycles. The molecule has 0 radical (unpaired) electrons. The molecule has 0 aromatic rings. The summed E-state index contributed by atoms with van der Waals surface area (Å²) in [6, 6.07) is 0. The minimum Gasteiger partial charge on any atom is -0.284 e. The fourth-order valence-electron chi connectivity index (χ4n) is 1.45. The zero-order valence-corrected chi connectivity index (χ0v) is 10.1. The lowest BCUT2D eigenvalue weighted by Gasteiger charge is -2.11. The Labute approximate surface area is 89.9 Å². The predicted molar refractivity (Wildman–Crippen MR) is 55.1 cm³/mol. The van der Waals surface area contributed by atoms with Crippen LogP contribution in [0.3, 0.4) is 0 Å². The number of nitrogens with one attached hydrogen (secondary N) is 1. The van der Waals surface area contributed by atoms with Gasteiger partial charge in [0.1, 0.15) is 0 Å². The molecule has 0 aromatic carbocycles. The summed E-state index contributed by atoms with van der Waals surface area (Å²) in [5, 5.41) is -0.938. The lowest BCUT2D eigenvalue weighted by Crippen LogP contribution is -2.32. The van der Waals surface area contributed by atoms with E-state index >= 15 is 0 Å². The zero-order valence-electron chi connectivity index (χ0n) is 8.47. The molecular formula is C7H15NO5S2. The van der Waals surface area contributed by atoms with Crippen molar-refractivity contribution in [2.45, 2.75) is 31.8 Å². The summed E-state index contributed by atoms with van der Waals surface area (Å²) >= 11 is 0. The number of hydrogen-bond donors (Lipinski definition) is 1. The van der Waals surface area contributed by atoms with E-state index in [-0.39, 0.29) is 6.10 Å². The van der Waals surface area contributed by atoms with Gasteiger partial charge in [-0.3, -0.25) is 4.84 Å². The third-order valence-corrected chi connectivity index (χ3v) is 5.32. The van der Waals surface area contributed by atoms with E-state index in [9.17, 15) is 16.8 Å². The van der Waals surface area contributed by atoms with Crippen LogP contribution >= 0.6 is 0 Å². The van der Waals surface area contributed by atoms with Gasteiger partial charge >= 0.3 is 0 Å². The first-order valence-corrected chi connectivity index (χ1v) is 8.33. The molecule has 15 heavy (non-hydrogen) atoms. The molecule has 6 nitrogen and oxygen atoms in total. The van der Waals surface area contributed by atoms with Crippen LogP contribution in [0.4, 0.5) is 0 Å². The predicted octanol–water partition coefficient (Wildman–Crippen LogP) is -0.218. The summed E-state index contributed by atoms with van der Waals surface area (Å²) in [4.78, 5) is 6.76. The average molecular weight is 257 g/mol. The summed E-state index contributed by atoms with van der Waals surface area (Å²) in [5.41, 5.74) is 0. The van der Waals surface area contributed by atoms with Crippen LogP contribution in [0.1, 0.15) is 25.7 Å². The topological polar surface area (TPSA) is 89.5 Å². The third-order valence-electron chi connectivity index (χ3n) is 2.01. The normalized spacial score (nSPS) is 19.5. The largest absolute Gasteiger partial charge is 0.284 e. The fraction of sp³-hybridized carbons (Fsp3) is 1.00. The van der Waals surface area contributed by atoms with Crippen LogP contribution in [-0.2, 0) is 24.7 Å². The van der Waals surface area contributed by atoms with Gasteiger partial charge in [0.25, 0.3) is 0 Å². The molecular weight excluding hydrogens is 242 g/mol. The summed E-state index contributed by atoms with van der Waals surface area (Å²) in [5.74, 6) is 0. The van der Waals surface area contributed by atoms with Gasteiger partial charge < -0.3 is 0 Å². The van der Waals surface area contributed by atoms with Crippen LogP contribution in [0.25, 0.3) is 0 Å². The van der Waals surface area contributed by atoms with E-state index in [1.165, 1.54) is 0 Å². The summed E-state index contributed by atoms with van der Waals surface area (Å²) in [7, 11) is -7.44. The van der Waals surface area contributed by atoms with Crippen molar-refractivity contribution >= 4 is 19.9 Å². The molecule has 1 N–H and O–H groups in total. The lowest BCUT2D eigenvalue weighted by atomic mass is 10.3. The van der Waals surface area contributed by atoms with E-state index < -0.39 is 24.9 Å². The van der Waals surface area contributed by atoms with E-state index in [2.05, 4.69) is 0 Å².